The number of pyridine rings is 1. The van der Waals surface area contributed by atoms with Crippen LogP contribution in [-0.2, 0) is 0 Å². The first-order valence-electron chi connectivity index (χ1n) is 7.50. The number of fused-ring (bicyclic) bond motifs is 1. The molecule has 0 atom stereocenters. The highest BCUT2D eigenvalue weighted by Crippen LogP contribution is 2.34. The van der Waals surface area contributed by atoms with E-state index in [4.69, 9.17) is 0 Å². The molecule has 24 heavy (non-hydrogen) atoms. The zero-order valence-electron chi connectivity index (χ0n) is 12.6. The first kappa shape index (κ1) is 14.1. The van der Waals surface area contributed by atoms with E-state index in [0.29, 0.717) is 5.69 Å². The second kappa shape index (κ2) is 5.62. The number of aromatic nitrogens is 2. The lowest BCUT2D eigenvalue weighted by molar-refractivity contribution is -0.384. The number of benzene rings is 2. The second-order valence-corrected chi connectivity index (χ2v) is 5.49. The normalized spacial score (nSPS) is 10.8. The Kier molecular flexibility index (Phi) is 3.31. The van der Waals surface area contributed by atoms with E-state index in [1.165, 1.54) is 0 Å². The highest BCUT2D eigenvalue weighted by molar-refractivity contribution is 5.96. The van der Waals surface area contributed by atoms with Gasteiger partial charge in [-0.25, -0.2) is 0 Å². The lowest BCUT2D eigenvalue weighted by atomic mass is 9.98. The topological polar surface area (TPSA) is 71.8 Å². The highest BCUT2D eigenvalue weighted by Gasteiger charge is 2.14. The summed E-state index contributed by atoms with van der Waals surface area (Å²) in [6.07, 6.45) is 3.55. The number of hydrogen-bond donors (Lipinski definition) is 1. The summed E-state index contributed by atoms with van der Waals surface area (Å²) in [5, 5.41) is 12.4. The Morgan fingerprint density at radius 3 is 2.62 bits per heavy atom. The van der Waals surface area contributed by atoms with E-state index in [-0.39, 0.29) is 10.6 Å². The molecule has 0 saturated carbocycles. The van der Waals surface area contributed by atoms with Gasteiger partial charge in [0.25, 0.3) is 5.69 Å². The molecular weight excluding hydrogens is 302 g/mol. The van der Waals surface area contributed by atoms with Crippen LogP contribution < -0.4 is 0 Å². The summed E-state index contributed by atoms with van der Waals surface area (Å²) in [6, 6.07) is 18.5. The molecule has 0 bridgehead atoms. The molecule has 5 nitrogen and oxygen atoms in total. The Morgan fingerprint density at radius 2 is 1.83 bits per heavy atom. The van der Waals surface area contributed by atoms with E-state index in [1.54, 1.807) is 18.3 Å². The summed E-state index contributed by atoms with van der Waals surface area (Å²) in [4.78, 5) is 18.5. The number of nitro groups is 1. The fourth-order valence-electron chi connectivity index (χ4n) is 2.89. The van der Waals surface area contributed by atoms with Gasteiger partial charge in [0.15, 0.2) is 0 Å². The first-order chi connectivity index (χ1) is 11.7. The lowest BCUT2D eigenvalue weighted by Crippen LogP contribution is -1.92. The molecule has 4 aromatic rings. The average molecular weight is 315 g/mol. The van der Waals surface area contributed by atoms with E-state index < -0.39 is 0 Å². The van der Waals surface area contributed by atoms with Crippen molar-refractivity contribution in [1.82, 2.24) is 9.97 Å². The number of non-ortho nitro benzene ring substituents is 1. The number of nitrogens with zero attached hydrogens (tertiary/aromatic N) is 2. The molecule has 0 fully saturated rings. The van der Waals surface area contributed by atoms with Crippen LogP contribution in [0.25, 0.3) is 33.3 Å². The third kappa shape index (κ3) is 2.42. The molecule has 0 amide bonds. The molecule has 2 aromatic heterocycles. The summed E-state index contributed by atoms with van der Waals surface area (Å²) in [5.41, 5.74) is 4.25. The molecule has 0 aliphatic rings. The summed E-state index contributed by atoms with van der Waals surface area (Å²) in [6.45, 7) is 0. The number of aromatic amines is 1. The third-order valence-corrected chi connectivity index (χ3v) is 4.00. The fourth-order valence-corrected chi connectivity index (χ4v) is 2.89. The lowest BCUT2D eigenvalue weighted by Gasteiger charge is -2.07. The van der Waals surface area contributed by atoms with Gasteiger partial charge in [0.2, 0.25) is 0 Å². The zero-order valence-corrected chi connectivity index (χ0v) is 12.6. The largest absolute Gasteiger partial charge is 0.361 e. The second-order valence-electron chi connectivity index (χ2n) is 5.49. The number of H-pyrrole nitrogens is 1. The maximum absolute atomic E-state index is 11.4. The maximum Gasteiger partial charge on any atom is 0.270 e. The molecule has 2 aromatic carbocycles. The summed E-state index contributed by atoms with van der Waals surface area (Å²) >= 11 is 0. The summed E-state index contributed by atoms with van der Waals surface area (Å²) in [5.74, 6) is 0. The van der Waals surface area contributed by atoms with Gasteiger partial charge in [0.1, 0.15) is 0 Å². The minimum atomic E-state index is -0.368. The van der Waals surface area contributed by atoms with Crippen LogP contribution in [0.2, 0.25) is 0 Å². The van der Waals surface area contributed by atoms with E-state index in [0.717, 1.165) is 27.6 Å². The van der Waals surface area contributed by atoms with Crippen molar-refractivity contribution >= 4 is 16.6 Å². The van der Waals surface area contributed by atoms with Crippen LogP contribution in [-0.4, -0.2) is 14.9 Å². The van der Waals surface area contributed by atoms with Crippen molar-refractivity contribution in [3.63, 3.8) is 0 Å². The van der Waals surface area contributed by atoms with Gasteiger partial charge in [-0.1, -0.05) is 18.2 Å². The summed E-state index contributed by atoms with van der Waals surface area (Å²) < 4.78 is 0. The average Bonchev–Trinajstić information content (AvgIpc) is 3.10. The van der Waals surface area contributed by atoms with E-state index in [2.05, 4.69) is 9.97 Å². The van der Waals surface area contributed by atoms with Crippen molar-refractivity contribution in [3.8, 4) is 22.4 Å². The van der Waals surface area contributed by atoms with E-state index in [9.17, 15) is 10.1 Å². The molecule has 1 N–H and O–H groups in total. The fraction of sp³-hybridized carbons (Fsp3) is 0. The van der Waals surface area contributed by atoms with Crippen LogP contribution in [0, 0.1) is 10.1 Å². The molecule has 5 heteroatoms. The molecule has 0 aliphatic carbocycles. The zero-order chi connectivity index (χ0) is 16.5. The molecular formula is C19H13N3O2. The van der Waals surface area contributed by atoms with Gasteiger partial charge in [-0.3, -0.25) is 15.1 Å². The third-order valence-electron chi connectivity index (χ3n) is 4.00. The van der Waals surface area contributed by atoms with Crippen molar-refractivity contribution in [2.24, 2.45) is 0 Å². The van der Waals surface area contributed by atoms with Crippen molar-refractivity contribution in [1.29, 1.82) is 0 Å². The first-order valence-corrected chi connectivity index (χ1v) is 7.50. The van der Waals surface area contributed by atoms with Gasteiger partial charge >= 0.3 is 0 Å². The molecule has 116 valence electrons. The molecule has 0 unspecified atom stereocenters. The minimum Gasteiger partial charge on any atom is -0.361 e. The van der Waals surface area contributed by atoms with Gasteiger partial charge in [-0.15, -0.1) is 0 Å². The molecule has 4 rings (SSSR count). The Morgan fingerprint density at radius 1 is 0.958 bits per heavy atom. The highest BCUT2D eigenvalue weighted by atomic mass is 16.6. The number of nitrogens with one attached hydrogen (secondary N) is 1. The van der Waals surface area contributed by atoms with Crippen LogP contribution in [0.15, 0.2) is 73.1 Å². The number of rotatable bonds is 3. The Bertz CT molecular complexity index is 1040. The van der Waals surface area contributed by atoms with Gasteiger partial charge in [-0.05, 0) is 41.5 Å². The van der Waals surface area contributed by atoms with Gasteiger partial charge < -0.3 is 4.98 Å². The molecule has 0 spiro atoms. The Balaban J connectivity index is 1.97. The van der Waals surface area contributed by atoms with Crippen LogP contribution in [0.1, 0.15) is 0 Å². The smallest absolute Gasteiger partial charge is 0.270 e. The summed E-state index contributed by atoms with van der Waals surface area (Å²) in [7, 11) is 0. The van der Waals surface area contributed by atoms with E-state index >= 15 is 0 Å². The van der Waals surface area contributed by atoms with Crippen molar-refractivity contribution in [3.05, 3.63) is 83.2 Å². The number of hydrogen-bond acceptors (Lipinski definition) is 3. The standard InChI is InChI=1S/C19H13N3O2/c23-22(24)15-11-13(10-14(12-15)18-5-1-2-8-20-18)16-4-3-6-19-17(16)7-9-21-19/h1-12,21H. The molecule has 0 saturated heterocycles. The molecule has 0 aliphatic heterocycles. The maximum atomic E-state index is 11.4. The molecule has 0 radical (unpaired) electrons. The van der Waals surface area contributed by atoms with Crippen LogP contribution in [0.3, 0.4) is 0 Å². The molecule has 2 heterocycles. The predicted octanol–water partition coefficient (Wildman–Crippen LogP) is 4.81. The van der Waals surface area contributed by atoms with Gasteiger partial charge in [0.05, 0.1) is 10.6 Å². The van der Waals surface area contributed by atoms with Crippen molar-refractivity contribution in [2.75, 3.05) is 0 Å². The van der Waals surface area contributed by atoms with Crippen LogP contribution in [0.5, 0.6) is 0 Å². The monoisotopic (exact) mass is 315 g/mol. The number of nitro benzene ring substituents is 1. The Hall–Kier alpha value is -3.47. The van der Waals surface area contributed by atoms with E-state index in [1.807, 2.05) is 54.7 Å². The van der Waals surface area contributed by atoms with Gasteiger partial charge in [-0.2, -0.15) is 0 Å². The Labute approximate surface area is 137 Å². The predicted molar refractivity (Wildman–Crippen MR) is 93.6 cm³/mol. The van der Waals surface area contributed by atoms with Crippen LogP contribution in [0.4, 0.5) is 5.69 Å². The van der Waals surface area contributed by atoms with Gasteiger partial charge in [0, 0.05) is 41.0 Å². The van der Waals surface area contributed by atoms with Crippen molar-refractivity contribution in [2.45, 2.75) is 0 Å². The quantitative estimate of drug-likeness (QED) is 0.436. The van der Waals surface area contributed by atoms with Crippen LogP contribution >= 0.6 is 0 Å². The SMILES string of the molecule is O=[N+]([O-])c1cc(-c2ccccn2)cc(-c2cccc3[nH]ccc23)c1. The van der Waals surface area contributed by atoms with Crippen molar-refractivity contribution < 1.29 is 4.92 Å². The minimum absolute atomic E-state index is 0.0562.